The summed E-state index contributed by atoms with van der Waals surface area (Å²) in [6, 6.07) is 13.1. The molecule has 2 N–H and O–H groups in total. The van der Waals surface area contributed by atoms with E-state index in [9.17, 15) is 0 Å². The second kappa shape index (κ2) is 7.15. The van der Waals surface area contributed by atoms with Crippen molar-refractivity contribution in [3.63, 3.8) is 0 Å². The number of rotatable bonds is 6. The van der Waals surface area contributed by atoms with Crippen molar-refractivity contribution in [3.05, 3.63) is 42.0 Å². The summed E-state index contributed by atoms with van der Waals surface area (Å²) in [5.41, 5.74) is 1.33. The maximum absolute atomic E-state index is 8.91. The number of methoxy groups -OCH3 is 1. The quantitative estimate of drug-likeness (QED) is 0.848. The van der Waals surface area contributed by atoms with Crippen LogP contribution >= 0.6 is 0 Å². The molecule has 0 aliphatic rings. The van der Waals surface area contributed by atoms with Gasteiger partial charge in [-0.05, 0) is 30.7 Å². The van der Waals surface area contributed by atoms with E-state index in [4.69, 9.17) is 10.00 Å². The Bertz CT molecular complexity index is 649. The first-order valence-corrected chi connectivity index (χ1v) is 6.83. The van der Waals surface area contributed by atoms with Crippen molar-refractivity contribution in [1.82, 2.24) is 4.98 Å². The minimum atomic E-state index is 0.559. The van der Waals surface area contributed by atoms with Crippen molar-refractivity contribution in [2.45, 2.75) is 13.3 Å². The summed E-state index contributed by atoms with van der Waals surface area (Å²) >= 11 is 0. The number of anilines is 3. The third kappa shape index (κ3) is 3.86. The van der Waals surface area contributed by atoms with E-state index < -0.39 is 0 Å². The van der Waals surface area contributed by atoms with Gasteiger partial charge in [0.15, 0.2) is 0 Å². The van der Waals surface area contributed by atoms with Crippen molar-refractivity contribution in [3.8, 4) is 11.8 Å². The molecule has 5 nitrogen and oxygen atoms in total. The second-order valence-electron chi connectivity index (χ2n) is 4.49. The highest BCUT2D eigenvalue weighted by molar-refractivity contribution is 5.66. The summed E-state index contributed by atoms with van der Waals surface area (Å²) in [7, 11) is 1.58. The van der Waals surface area contributed by atoms with Gasteiger partial charge in [0.2, 0.25) is 0 Å². The lowest BCUT2D eigenvalue weighted by molar-refractivity contribution is 0.416. The van der Waals surface area contributed by atoms with Crippen LogP contribution in [0.5, 0.6) is 5.75 Å². The smallest absolute Gasteiger partial charge is 0.143 e. The fraction of sp³-hybridized carbons (Fsp3) is 0.250. The number of aromatic nitrogens is 1. The average molecular weight is 282 g/mol. The first kappa shape index (κ1) is 14.7. The lowest BCUT2D eigenvalue weighted by atomic mass is 10.2. The van der Waals surface area contributed by atoms with Crippen LogP contribution in [0.25, 0.3) is 0 Å². The molecule has 0 spiro atoms. The van der Waals surface area contributed by atoms with E-state index in [1.807, 2.05) is 24.3 Å². The van der Waals surface area contributed by atoms with Crippen LogP contribution in [0, 0.1) is 11.3 Å². The Morgan fingerprint density at radius 3 is 2.76 bits per heavy atom. The molecule has 1 aromatic carbocycles. The molecule has 5 heteroatoms. The van der Waals surface area contributed by atoms with E-state index in [-0.39, 0.29) is 0 Å². The molecule has 0 aliphatic heterocycles. The Kier molecular flexibility index (Phi) is 4.99. The van der Waals surface area contributed by atoms with Gasteiger partial charge >= 0.3 is 0 Å². The second-order valence-corrected chi connectivity index (χ2v) is 4.49. The number of nitrogens with zero attached hydrogens (tertiary/aromatic N) is 2. The van der Waals surface area contributed by atoms with Crippen LogP contribution in [0.15, 0.2) is 36.4 Å². The Morgan fingerprint density at radius 1 is 1.24 bits per heavy atom. The largest absolute Gasteiger partial charge is 0.495 e. The van der Waals surface area contributed by atoms with E-state index in [2.05, 4.69) is 28.6 Å². The average Bonchev–Trinajstić information content (AvgIpc) is 2.53. The maximum Gasteiger partial charge on any atom is 0.143 e. The molecule has 0 aliphatic carbocycles. The number of pyridine rings is 1. The highest BCUT2D eigenvalue weighted by atomic mass is 16.5. The first-order valence-electron chi connectivity index (χ1n) is 6.83. The zero-order valence-electron chi connectivity index (χ0n) is 12.2. The van der Waals surface area contributed by atoms with Crippen LogP contribution in [0.2, 0.25) is 0 Å². The van der Waals surface area contributed by atoms with Crippen molar-refractivity contribution in [2.75, 3.05) is 24.3 Å². The SMILES string of the molecule is CCCNc1cccc(Nc2ccc(C#N)cc2OC)n1. The number of nitriles is 1. The molecule has 1 heterocycles. The van der Waals surface area contributed by atoms with E-state index in [1.165, 1.54) is 0 Å². The highest BCUT2D eigenvalue weighted by Crippen LogP contribution is 2.28. The van der Waals surface area contributed by atoms with E-state index >= 15 is 0 Å². The standard InChI is InChI=1S/C16H18N4O/c1-3-9-18-15-5-4-6-16(20-15)19-13-8-7-12(11-17)10-14(13)21-2/h4-8,10H,3,9H2,1-2H3,(H2,18,19,20). The van der Waals surface area contributed by atoms with Gasteiger partial charge in [0, 0.05) is 12.6 Å². The third-order valence-electron chi connectivity index (χ3n) is 2.90. The van der Waals surface area contributed by atoms with E-state index in [0.717, 1.165) is 30.3 Å². The van der Waals surface area contributed by atoms with Gasteiger partial charge in [0.25, 0.3) is 0 Å². The van der Waals surface area contributed by atoms with Gasteiger partial charge in [0.1, 0.15) is 17.4 Å². The molecule has 1 aromatic heterocycles. The zero-order chi connectivity index (χ0) is 15.1. The molecule has 0 radical (unpaired) electrons. The molecule has 2 rings (SSSR count). The van der Waals surface area contributed by atoms with Crippen LogP contribution in [0.4, 0.5) is 17.3 Å². The minimum Gasteiger partial charge on any atom is -0.495 e. The number of benzene rings is 1. The number of hydrogen-bond donors (Lipinski definition) is 2. The normalized spacial score (nSPS) is 9.76. The van der Waals surface area contributed by atoms with Crippen molar-refractivity contribution < 1.29 is 4.74 Å². The molecule has 21 heavy (non-hydrogen) atoms. The lowest BCUT2D eigenvalue weighted by Gasteiger charge is -2.12. The topological polar surface area (TPSA) is 70.0 Å². The van der Waals surface area contributed by atoms with Gasteiger partial charge in [0.05, 0.1) is 24.4 Å². The fourth-order valence-corrected chi connectivity index (χ4v) is 1.86. The van der Waals surface area contributed by atoms with E-state index in [0.29, 0.717) is 11.3 Å². The summed E-state index contributed by atoms with van der Waals surface area (Å²) in [4.78, 5) is 4.48. The number of ether oxygens (including phenoxy) is 1. The summed E-state index contributed by atoms with van der Waals surface area (Å²) in [5.74, 6) is 2.16. The highest BCUT2D eigenvalue weighted by Gasteiger charge is 2.06. The molecular formula is C16H18N4O. The predicted octanol–water partition coefficient (Wildman–Crippen LogP) is 3.53. The van der Waals surface area contributed by atoms with Crippen molar-refractivity contribution in [2.24, 2.45) is 0 Å². The number of nitrogens with one attached hydrogen (secondary N) is 2. The zero-order valence-corrected chi connectivity index (χ0v) is 12.2. The minimum absolute atomic E-state index is 0.559. The van der Waals surface area contributed by atoms with Gasteiger partial charge in [-0.1, -0.05) is 13.0 Å². The number of hydrogen-bond acceptors (Lipinski definition) is 5. The molecule has 2 aromatic rings. The molecule has 0 saturated carbocycles. The van der Waals surface area contributed by atoms with Crippen molar-refractivity contribution >= 4 is 17.3 Å². The van der Waals surface area contributed by atoms with Gasteiger partial charge < -0.3 is 15.4 Å². The Hall–Kier alpha value is -2.74. The predicted molar refractivity (Wildman–Crippen MR) is 84.0 cm³/mol. The van der Waals surface area contributed by atoms with Gasteiger partial charge in [-0.2, -0.15) is 5.26 Å². The summed E-state index contributed by atoms with van der Waals surface area (Å²) in [5, 5.41) is 15.4. The fourth-order valence-electron chi connectivity index (χ4n) is 1.86. The summed E-state index contributed by atoms with van der Waals surface area (Å²) in [6.07, 6.45) is 1.04. The van der Waals surface area contributed by atoms with E-state index in [1.54, 1.807) is 19.2 Å². The first-order chi connectivity index (χ1) is 10.3. The summed E-state index contributed by atoms with van der Waals surface area (Å²) < 4.78 is 5.30. The molecule has 0 saturated heterocycles. The summed E-state index contributed by atoms with van der Waals surface area (Å²) in [6.45, 7) is 2.99. The van der Waals surface area contributed by atoms with Gasteiger partial charge in [-0.25, -0.2) is 4.98 Å². The monoisotopic (exact) mass is 282 g/mol. The van der Waals surface area contributed by atoms with Crippen molar-refractivity contribution in [1.29, 1.82) is 5.26 Å². The molecular weight excluding hydrogens is 264 g/mol. The van der Waals surface area contributed by atoms with Gasteiger partial charge in [-0.15, -0.1) is 0 Å². The van der Waals surface area contributed by atoms with Crippen LogP contribution in [0.3, 0.4) is 0 Å². The Morgan fingerprint density at radius 2 is 2.05 bits per heavy atom. The Labute approximate surface area is 124 Å². The van der Waals surface area contributed by atoms with Gasteiger partial charge in [-0.3, -0.25) is 0 Å². The van der Waals surface area contributed by atoms with Crippen LogP contribution in [0.1, 0.15) is 18.9 Å². The molecule has 0 bridgehead atoms. The maximum atomic E-state index is 8.91. The third-order valence-corrected chi connectivity index (χ3v) is 2.90. The molecule has 0 atom stereocenters. The molecule has 0 amide bonds. The Balaban J connectivity index is 2.20. The van der Waals surface area contributed by atoms with Crippen LogP contribution in [-0.2, 0) is 0 Å². The molecule has 0 unspecified atom stereocenters. The van der Waals surface area contributed by atoms with Crippen LogP contribution in [-0.4, -0.2) is 18.6 Å². The van der Waals surface area contributed by atoms with Crippen LogP contribution < -0.4 is 15.4 Å². The lowest BCUT2D eigenvalue weighted by Crippen LogP contribution is -2.03. The molecule has 0 fully saturated rings. The molecule has 108 valence electrons.